The van der Waals surface area contributed by atoms with E-state index in [1.54, 1.807) is 0 Å². The SMILES string of the molecule is Cc1cccc(Cn2cccc2C[NH+](Cc2c(F)cccc2F)[C@H](C)C(C)C)c1. The number of benzene rings is 2. The third kappa shape index (κ3) is 5.33. The molecular formula is C25H31F2N2+. The summed E-state index contributed by atoms with van der Waals surface area (Å²) in [5.74, 6) is -0.526. The van der Waals surface area contributed by atoms with Crippen LogP contribution in [0.2, 0.25) is 0 Å². The van der Waals surface area contributed by atoms with Crippen LogP contribution >= 0.6 is 0 Å². The van der Waals surface area contributed by atoms with Crippen molar-refractivity contribution in [2.24, 2.45) is 5.92 Å². The number of quaternary nitrogens is 1. The van der Waals surface area contributed by atoms with Gasteiger partial charge in [-0.2, -0.15) is 0 Å². The molecule has 2 atom stereocenters. The van der Waals surface area contributed by atoms with Crippen LogP contribution in [0.15, 0.2) is 60.8 Å². The van der Waals surface area contributed by atoms with Crippen molar-refractivity contribution in [1.82, 2.24) is 4.57 Å². The van der Waals surface area contributed by atoms with E-state index in [0.29, 0.717) is 19.0 Å². The first-order chi connectivity index (χ1) is 13.8. The number of hydrogen-bond acceptors (Lipinski definition) is 0. The summed E-state index contributed by atoms with van der Waals surface area (Å²) >= 11 is 0. The van der Waals surface area contributed by atoms with Crippen molar-refractivity contribution in [3.05, 3.63) is 94.8 Å². The Labute approximate surface area is 172 Å². The van der Waals surface area contributed by atoms with Gasteiger partial charge in [0.1, 0.15) is 24.7 Å². The molecule has 0 fully saturated rings. The van der Waals surface area contributed by atoms with Gasteiger partial charge in [-0.1, -0.05) is 49.7 Å². The highest BCUT2D eigenvalue weighted by molar-refractivity contribution is 5.23. The molecule has 2 nitrogen and oxygen atoms in total. The van der Waals surface area contributed by atoms with Gasteiger partial charge in [-0.15, -0.1) is 0 Å². The number of nitrogens with zero attached hydrogens (tertiary/aromatic N) is 1. The topological polar surface area (TPSA) is 9.37 Å². The van der Waals surface area contributed by atoms with Crippen LogP contribution in [0.4, 0.5) is 8.78 Å². The molecule has 154 valence electrons. The van der Waals surface area contributed by atoms with Crippen LogP contribution in [0, 0.1) is 24.5 Å². The molecule has 0 spiro atoms. The normalized spacial score (nSPS) is 13.6. The molecule has 0 amide bonds. The molecule has 0 saturated carbocycles. The molecule has 3 rings (SSSR count). The molecular weight excluding hydrogens is 366 g/mol. The fraction of sp³-hybridized carbons (Fsp3) is 0.360. The number of nitrogens with one attached hydrogen (secondary N) is 1. The molecule has 1 unspecified atom stereocenters. The number of halogens is 2. The monoisotopic (exact) mass is 397 g/mol. The summed E-state index contributed by atoms with van der Waals surface area (Å²) in [6.45, 7) is 10.4. The van der Waals surface area contributed by atoms with Gasteiger partial charge in [-0.05, 0) is 43.7 Å². The summed E-state index contributed by atoms with van der Waals surface area (Å²) in [6, 6.07) is 17.0. The van der Waals surface area contributed by atoms with E-state index in [9.17, 15) is 8.78 Å². The van der Waals surface area contributed by atoms with E-state index in [4.69, 9.17) is 0 Å². The maximum atomic E-state index is 14.3. The first-order valence-electron chi connectivity index (χ1n) is 10.3. The Balaban J connectivity index is 1.84. The molecule has 2 aromatic carbocycles. The minimum atomic E-state index is -0.464. The number of aryl methyl sites for hydroxylation is 1. The third-order valence-corrected chi connectivity index (χ3v) is 5.88. The summed E-state index contributed by atoms with van der Waals surface area (Å²) in [5, 5.41) is 0. The van der Waals surface area contributed by atoms with Gasteiger partial charge >= 0.3 is 0 Å². The average Bonchev–Trinajstić information content (AvgIpc) is 3.10. The minimum Gasteiger partial charge on any atom is -0.342 e. The van der Waals surface area contributed by atoms with Crippen LogP contribution in [-0.4, -0.2) is 10.6 Å². The molecule has 0 aliphatic rings. The van der Waals surface area contributed by atoms with Crippen molar-refractivity contribution in [2.45, 2.75) is 53.4 Å². The molecule has 1 aromatic heterocycles. The van der Waals surface area contributed by atoms with Crippen molar-refractivity contribution in [2.75, 3.05) is 0 Å². The molecule has 0 radical (unpaired) electrons. The second-order valence-corrected chi connectivity index (χ2v) is 8.36. The molecule has 4 heteroatoms. The van der Waals surface area contributed by atoms with Gasteiger partial charge in [0.2, 0.25) is 0 Å². The Hall–Kier alpha value is -2.46. The molecule has 1 heterocycles. The first kappa shape index (κ1) is 21.3. The maximum Gasteiger partial charge on any atom is 0.135 e. The van der Waals surface area contributed by atoms with Crippen LogP contribution in [0.3, 0.4) is 0 Å². The third-order valence-electron chi connectivity index (χ3n) is 5.88. The Bertz CT molecular complexity index is 925. The van der Waals surface area contributed by atoms with Gasteiger partial charge in [-0.25, -0.2) is 8.78 Å². The highest BCUT2D eigenvalue weighted by Crippen LogP contribution is 2.13. The lowest BCUT2D eigenvalue weighted by atomic mass is 10.0. The summed E-state index contributed by atoms with van der Waals surface area (Å²) < 4.78 is 30.8. The molecule has 3 aromatic rings. The lowest BCUT2D eigenvalue weighted by Gasteiger charge is -2.29. The highest BCUT2D eigenvalue weighted by atomic mass is 19.1. The quantitative estimate of drug-likeness (QED) is 0.562. The second kappa shape index (κ2) is 9.36. The first-order valence-corrected chi connectivity index (χ1v) is 10.3. The number of hydrogen-bond donors (Lipinski definition) is 1. The molecule has 1 N–H and O–H groups in total. The summed E-state index contributed by atoms with van der Waals surface area (Å²) in [5.41, 5.74) is 3.84. The van der Waals surface area contributed by atoms with E-state index >= 15 is 0 Å². The fourth-order valence-electron chi connectivity index (χ4n) is 3.79. The summed E-state index contributed by atoms with van der Waals surface area (Å²) in [6.07, 6.45) is 2.08. The average molecular weight is 398 g/mol. The lowest BCUT2D eigenvalue weighted by Crippen LogP contribution is -3.13. The van der Waals surface area contributed by atoms with E-state index in [0.717, 1.165) is 11.4 Å². The van der Waals surface area contributed by atoms with Gasteiger partial charge in [-0.3, -0.25) is 0 Å². The largest absolute Gasteiger partial charge is 0.342 e. The molecule has 0 bridgehead atoms. The van der Waals surface area contributed by atoms with Crippen LogP contribution in [0.25, 0.3) is 0 Å². The zero-order chi connectivity index (χ0) is 21.0. The smallest absolute Gasteiger partial charge is 0.135 e. The number of rotatable bonds is 8. The zero-order valence-corrected chi connectivity index (χ0v) is 17.8. The highest BCUT2D eigenvalue weighted by Gasteiger charge is 2.25. The van der Waals surface area contributed by atoms with Crippen molar-refractivity contribution in [1.29, 1.82) is 0 Å². The van der Waals surface area contributed by atoms with E-state index in [1.807, 2.05) is 6.07 Å². The van der Waals surface area contributed by atoms with E-state index in [2.05, 4.69) is 68.8 Å². The van der Waals surface area contributed by atoms with Gasteiger partial charge in [0, 0.05) is 18.7 Å². The lowest BCUT2D eigenvalue weighted by molar-refractivity contribution is -0.954. The predicted octanol–water partition coefficient (Wildman–Crippen LogP) is 4.75. The molecule has 0 saturated heterocycles. The second-order valence-electron chi connectivity index (χ2n) is 8.36. The molecule has 0 aliphatic heterocycles. The zero-order valence-electron chi connectivity index (χ0n) is 17.8. The van der Waals surface area contributed by atoms with Crippen LogP contribution < -0.4 is 4.90 Å². The molecule has 0 aliphatic carbocycles. The Morgan fingerprint density at radius 3 is 2.24 bits per heavy atom. The fourth-order valence-corrected chi connectivity index (χ4v) is 3.79. The van der Waals surface area contributed by atoms with Crippen molar-refractivity contribution >= 4 is 0 Å². The van der Waals surface area contributed by atoms with Crippen LogP contribution in [-0.2, 0) is 19.6 Å². The van der Waals surface area contributed by atoms with Gasteiger partial charge in [0.05, 0.1) is 17.3 Å². The van der Waals surface area contributed by atoms with Gasteiger partial charge in [0.25, 0.3) is 0 Å². The Morgan fingerprint density at radius 2 is 1.59 bits per heavy atom. The summed E-state index contributed by atoms with van der Waals surface area (Å²) in [7, 11) is 0. The Morgan fingerprint density at radius 1 is 0.897 bits per heavy atom. The minimum absolute atomic E-state index is 0.173. The van der Waals surface area contributed by atoms with Crippen LogP contribution in [0.5, 0.6) is 0 Å². The number of aromatic nitrogens is 1. The van der Waals surface area contributed by atoms with Crippen molar-refractivity contribution < 1.29 is 13.7 Å². The summed E-state index contributed by atoms with van der Waals surface area (Å²) in [4.78, 5) is 1.16. The van der Waals surface area contributed by atoms with E-state index in [1.165, 1.54) is 35.0 Å². The standard InChI is InChI=1S/C25H30F2N2/c1-18(2)20(4)29(17-23-24(26)11-6-12-25(23)27)16-22-10-7-13-28(22)15-21-9-5-8-19(3)14-21/h5-14,18,20H,15-17H2,1-4H3/p+1/t20-/m1/s1. The van der Waals surface area contributed by atoms with E-state index in [-0.39, 0.29) is 11.6 Å². The van der Waals surface area contributed by atoms with Crippen molar-refractivity contribution in [3.8, 4) is 0 Å². The van der Waals surface area contributed by atoms with Gasteiger partial charge < -0.3 is 9.47 Å². The van der Waals surface area contributed by atoms with E-state index < -0.39 is 11.6 Å². The Kier molecular flexibility index (Phi) is 6.86. The van der Waals surface area contributed by atoms with Gasteiger partial charge in [0.15, 0.2) is 0 Å². The maximum absolute atomic E-state index is 14.3. The van der Waals surface area contributed by atoms with Crippen molar-refractivity contribution in [3.63, 3.8) is 0 Å². The predicted molar refractivity (Wildman–Crippen MR) is 114 cm³/mol. The van der Waals surface area contributed by atoms with Crippen LogP contribution in [0.1, 0.15) is 43.2 Å². The molecule has 29 heavy (non-hydrogen) atoms.